The maximum Gasteiger partial charge on any atom is 0.258 e. The molecule has 0 aliphatic rings. The maximum atomic E-state index is 5.28. The number of thiophene rings is 1. The summed E-state index contributed by atoms with van der Waals surface area (Å²) >= 11 is 3.08. The summed E-state index contributed by atoms with van der Waals surface area (Å²) in [7, 11) is 0. The van der Waals surface area contributed by atoms with E-state index in [-0.39, 0.29) is 0 Å². The summed E-state index contributed by atoms with van der Waals surface area (Å²) in [4.78, 5) is 4.40. The average molecular weight is 356 g/mol. The van der Waals surface area contributed by atoms with E-state index in [0.717, 1.165) is 16.3 Å². The van der Waals surface area contributed by atoms with Gasteiger partial charge in [0, 0.05) is 5.38 Å². The van der Waals surface area contributed by atoms with Gasteiger partial charge in [0.05, 0.1) is 17.9 Å². The number of benzene rings is 1. The highest BCUT2D eigenvalue weighted by atomic mass is 32.2. The fourth-order valence-electron chi connectivity index (χ4n) is 2.10. The third-order valence-electron chi connectivity index (χ3n) is 3.24. The molecule has 1 aromatic carbocycles. The minimum Gasteiger partial charge on any atom is -0.334 e. The molecule has 0 N–H and O–H groups in total. The van der Waals surface area contributed by atoms with Crippen molar-refractivity contribution in [1.29, 1.82) is 0 Å². The first kappa shape index (κ1) is 15.0. The Kier molecular flexibility index (Phi) is 4.34. The van der Waals surface area contributed by atoms with Crippen LogP contribution in [-0.4, -0.2) is 30.3 Å². The number of hydrogen-bond acceptors (Lipinski definition) is 8. The summed E-state index contributed by atoms with van der Waals surface area (Å²) in [5.41, 5.74) is 2.09. The van der Waals surface area contributed by atoms with Gasteiger partial charge in [0.15, 0.2) is 5.82 Å². The molecule has 9 heteroatoms. The number of thioether (sulfide) groups is 1. The van der Waals surface area contributed by atoms with Crippen LogP contribution >= 0.6 is 23.1 Å². The first-order valence-electron chi connectivity index (χ1n) is 7.16. The minimum atomic E-state index is 0.538. The molecule has 7 nitrogen and oxygen atoms in total. The van der Waals surface area contributed by atoms with E-state index >= 15 is 0 Å². The molecule has 4 rings (SSSR count). The standard InChI is InChI=1S/C15H12N6OS2/c1-2-4-11(5-3-1)8-21-15(17-19-20-21)24-10-13-16-14(22-18-13)12-6-7-23-9-12/h1-7,9H,8,10H2. The lowest BCUT2D eigenvalue weighted by Crippen LogP contribution is -2.03. The van der Waals surface area contributed by atoms with Crippen molar-refractivity contribution in [3.8, 4) is 11.5 Å². The Hall–Kier alpha value is -2.52. The van der Waals surface area contributed by atoms with Crippen LogP contribution in [0.15, 0.2) is 56.8 Å². The third kappa shape index (κ3) is 3.36. The van der Waals surface area contributed by atoms with Crippen molar-refractivity contribution in [2.75, 3.05) is 0 Å². The molecule has 3 heterocycles. The molecule has 0 aliphatic heterocycles. The second kappa shape index (κ2) is 6.93. The van der Waals surface area contributed by atoms with E-state index in [1.54, 1.807) is 16.0 Å². The van der Waals surface area contributed by atoms with Crippen molar-refractivity contribution < 1.29 is 4.52 Å². The molecule has 0 spiro atoms. The topological polar surface area (TPSA) is 82.5 Å². The Balaban J connectivity index is 1.43. The Morgan fingerprint density at radius 2 is 2.08 bits per heavy atom. The summed E-state index contributed by atoms with van der Waals surface area (Å²) in [6.45, 7) is 0.628. The van der Waals surface area contributed by atoms with Crippen LogP contribution in [0.25, 0.3) is 11.5 Å². The molecule has 0 bridgehead atoms. The van der Waals surface area contributed by atoms with E-state index < -0.39 is 0 Å². The Labute approximate surface area is 145 Å². The SMILES string of the molecule is c1ccc(Cn2nnnc2SCc2noc(-c3ccsc3)n2)cc1. The monoisotopic (exact) mass is 356 g/mol. The van der Waals surface area contributed by atoms with Crippen LogP contribution in [0.4, 0.5) is 0 Å². The van der Waals surface area contributed by atoms with E-state index in [1.807, 2.05) is 47.2 Å². The lowest BCUT2D eigenvalue weighted by Gasteiger charge is -2.03. The normalized spacial score (nSPS) is 11.0. The highest BCUT2D eigenvalue weighted by molar-refractivity contribution is 7.98. The van der Waals surface area contributed by atoms with Crippen molar-refractivity contribution in [2.45, 2.75) is 17.5 Å². The van der Waals surface area contributed by atoms with Gasteiger partial charge in [-0.1, -0.05) is 47.3 Å². The van der Waals surface area contributed by atoms with Gasteiger partial charge >= 0.3 is 0 Å². The van der Waals surface area contributed by atoms with E-state index in [1.165, 1.54) is 11.8 Å². The van der Waals surface area contributed by atoms with Crippen LogP contribution in [0.2, 0.25) is 0 Å². The number of rotatable bonds is 6. The molecule has 120 valence electrons. The zero-order valence-corrected chi connectivity index (χ0v) is 14.1. The van der Waals surface area contributed by atoms with Crippen molar-refractivity contribution in [3.63, 3.8) is 0 Å². The van der Waals surface area contributed by atoms with E-state index in [0.29, 0.717) is 24.0 Å². The zero-order valence-electron chi connectivity index (χ0n) is 12.4. The molecule has 0 radical (unpaired) electrons. The Morgan fingerprint density at radius 1 is 1.17 bits per heavy atom. The molecular formula is C15H12N6OS2. The second-order valence-corrected chi connectivity index (χ2v) is 6.64. The van der Waals surface area contributed by atoms with Gasteiger partial charge in [-0.15, -0.1) is 5.10 Å². The summed E-state index contributed by atoms with van der Waals surface area (Å²) in [5, 5.41) is 20.5. The van der Waals surface area contributed by atoms with E-state index in [4.69, 9.17) is 4.52 Å². The van der Waals surface area contributed by atoms with Gasteiger partial charge in [0.1, 0.15) is 0 Å². The molecule has 0 saturated carbocycles. The average Bonchev–Trinajstić information content (AvgIpc) is 3.36. The van der Waals surface area contributed by atoms with E-state index in [2.05, 4.69) is 25.7 Å². The molecule has 0 fully saturated rings. The smallest absolute Gasteiger partial charge is 0.258 e. The molecular weight excluding hydrogens is 344 g/mol. The predicted molar refractivity (Wildman–Crippen MR) is 90.5 cm³/mol. The van der Waals surface area contributed by atoms with Gasteiger partial charge in [0.2, 0.25) is 5.16 Å². The predicted octanol–water partition coefficient (Wildman–Crippen LogP) is 3.13. The fraction of sp³-hybridized carbons (Fsp3) is 0.133. The van der Waals surface area contributed by atoms with Crippen LogP contribution in [-0.2, 0) is 12.3 Å². The van der Waals surface area contributed by atoms with Gasteiger partial charge in [-0.05, 0) is 27.4 Å². The molecule has 24 heavy (non-hydrogen) atoms. The van der Waals surface area contributed by atoms with Crippen molar-refractivity contribution in [2.24, 2.45) is 0 Å². The molecule has 0 aliphatic carbocycles. The lowest BCUT2D eigenvalue weighted by atomic mass is 10.2. The number of aromatic nitrogens is 6. The van der Waals surface area contributed by atoms with Crippen molar-refractivity contribution >= 4 is 23.1 Å². The van der Waals surface area contributed by atoms with Crippen LogP contribution in [0, 0.1) is 0 Å². The second-order valence-electron chi connectivity index (χ2n) is 4.92. The highest BCUT2D eigenvalue weighted by Crippen LogP contribution is 2.23. The van der Waals surface area contributed by atoms with Gasteiger partial charge in [-0.25, -0.2) is 4.68 Å². The first-order valence-corrected chi connectivity index (χ1v) is 9.09. The van der Waals surface area contributed by atoms with Gasteiger partial charge in [-0.3, -0.25) is 0 Å². The molecule has 0 saturated heterocycles. The van der Waals surface area contributed by atoms with Crippen LogP contribution in [0.5, 0.6) is 0 Å². The summed E-state index contributed by atoms with van der Waals surface area (Å²) < 4.78 is 7.04. The molecule has 0 atom stereocenters. The molecule has 0 unspecified atom stereocenters. The Morgan fingerprint density at radius 3 is 2.92 bits per heavy atom. The summed E-state index contributed by atoms with van der Waals surface area (Å²) in [6, 6.07) is 12.0. The first-order chi connectivity index (χ1) is 11.9. The largest absolute Gasteiger partial charge is 0.334 e. The molecule has 3 aromatic heterocycles. The summed E-state index contributed by atoms with van der Waals surface area (Å²) in [6.07, 6.45) is 0. The third-order valence-corrected chi connectivity index (χ3v) is 4.88. The van der Waals surface area contributed by atoms with Crippen molar-refractivity contribution in [3.05, 3.63) is 58.5 Å². The van der Waals surface area contributed by atoms with Crippen LogP contribution in [0.1, 0.15) is 11.4 Å². The summed E-state index contributed by atoms with van der Waals surface area (Å²) in [5.74, 6) is 1.70. The van der Waals surface area contributed by atoms with Gasteiger partial charge < -0.3 is 4.52 Å². The van der Waals surface area contributed by atoms with Crippen LogP contribution in [0.3, 0.4) is 0 Å². The Bertz CT molecular complexity index is 903. The van der Waals surface area contributed by atoms with Crippen LogP contribution < -0.4 is 0 Å². The van der Waals surface area contributed by atoms with Gasteiger partial charge in [0.25, 0.3) is 5.89 Å². The fourth-order valence-corrected chi connectivity index (χ4v) is 3.45. The molecule has 0 amide bonds. The van der Waals surface area contributed by atoms with Gasteiger partial charge in [-0.2, -0.15) is 16.3 Å². The number of hydrogen-bond donors (Lipinski definition) is 0. The zero-order chi connectivity index (χ0) is 16.2. The minimum absolute atomic E-state index is 0.538. The lowest BCUT2D eigenvalue weighted by molar-refractivity contribution is 0.425. The molecule has 4 aromatic rings. The number of nitrogens with zero attached hydrogens (tertiary/aromatic N) is 6. The maximum absolute atomic E-state index is 5.28. The number of tetrazole rings is 1. The highest BCUT2D eigenvalue weighted by Gasteiger charge is 2.12. The van der Waals surface area contributed by atoms with Crippen molar-refractivity contribution in [1.82, 2.24) is 30.3 Å². The quantitative estimate of drug-likeness (QED) is 0.491. The van der Waals surface area contributed by atoms with E-state index in [9.17, 15) is 0 Å².